The van der Waals surface area contributed by atoms with Crippen molar-refractivity contribution in [3.63, 3.8) is 0 Å². The Bertz CT molecular complexity index is 1170. The lowest BCUT2D eigenvalue weighted by Gasteiger charge is -2.08. The number of alkyl halides is 3. The topological polar surface area (TPSA) is 71.2 Å². The van der Waals surface area contributed by atoms with E-state index in [-0.39, 0.29) is 44.3 Å². The van der Waals surface area contributed by atoms with Gasteiger partial charge in [0.15, 0.2) is 0 Å². The Kier molecular flexibility index (Phi) is 7.95. The molecule has 0 saturated heterocycles. The Balaban J connectivity index is 1.65. The van der Waals surface area contributed by atoms with E-state index >= 15 is 0 Å². The highest BCUT2D eigenvalue weighted by atomic mass is 35.5. The zero-order valence-corrected chi connectivity index (χ0v) is 18.8. The minimum atomic E-state index is -4.57. The number of aromatic nitrogens is 2. The van der Waals surface area contributed by atoms with Crippen LogP contribution in [0.2, 0.25) is 10.0 Å². The summed E-state index contributed by atoms with van der Waals surface area (Å²) < 4.78 is 56.1. The van der Waals surface area contributed by atoms with Gasteiger partial charge < -0.3 is 4.84 Å². The second-order valence-electron chi connectivity index (χ2n) is 5.97. The Hall–Kier alpha value is -2.39. The van der Waals surface area contributed by atoms with Gasteiger partial charge in [0.2, 0.25) is 0 Å². The molecule has 166 valence electrons. The molecule has 0 unspecified atom stereocenters. The van der Waals surface area contributed by atoms with E-state index in [2.05, 4.69) is 14.5 Å². The molecule has 0 bridgehead atoms. The lowest BCUT2D eigenvalue weighted by molar-refractivity contribution is -0.137. The summed E-state index contributed by atoms with van der Waals surface area (Å²) in [4.78, 5) is 9.34. The van der Waals surface area contributed by atoms with Crippen LogP contribution in [-0.4, -0.2) is 15.6 Å². The molecule has 0 saturated carbocycles. The number of pyridine rings is 1. The van der Waals surface area contributed by atoms with Crippen LogP contribution in [0, 0.1) is 17.1 Å². The van der Waals surface area contributed by atoms with Gasteiger partial charge in [-0.05, 0) is 41.5 Å². The van der Waals surface area contributed by atoms with Crippen LogP contribution >= 0.6 is 46.5 Å². The van der Waals surface area contributed by atoms with Gasteiger partial charge in [-0.25, -0.2) is 9.37 Å². The average molecular weight is 521 g/mol. The predicted octanol–water partition coefficient (Wildman–Crippen LogP) is 6.77. The molecule has 0 aliphatic rings. The van der Waals surface area contributed by atoms with Crippen molar-refractivity contribution in [3.8, 4) is 6.07 Å². The zero-order chi connectivity index (χ0) is 23.3. The van der Waals surface area contributed by atoms with Crippen LogP contribution in [0.5, 0.6) is 0 Å². The second-order valence-corrected chi connectivity index (χ2v) is 8.62. The maximum absolute atomic E-state index is 13.7. The van der Waals surface area contributed by atoms with Crippen LogP contribution in [0.3, 0.4) is 0 Å². The molecule has 13 heteroatoms. The number of nitriles is 1. The Morgan fingerprint density at radius 1 is 1.25 bits per heavy atom. The van der Waals surface area contributed by atoms with E-state index in [0.29, 0.717) is 11.1 Å². The molecule has 32 heavy (non-hydrogen) atoms. The monoisotopic (exact) mass is 520 g/mol. The van der Waals surface area contributed by atoms with Crippen molar-refractivity contribution in [1.29, 1.82) is 5.26 Å². The molecule has 0 fully saturated rings. The molecular weight excluding hydrogens is 511 g/mol. The molecule has 0 radical (unpaired) electrons. The number of hydrogen-bond donors (Lipinski definition) is 0. The summed E-state index contributed by atoms with van der Waals surface area (Å²) in [6.45, 7) is -0.172. The summed E-state index contributed by atoms with van der Waals surface area (Å²) >= 11 is 13.7. The first kappa shape index (κ1) is 24.3. The molecule has 0 aliphatic heterocycles. The van der Waals surface area contributed by atoms with Crippen LogP contribution in [-0.2, 0) is 24.0 Å². The lowest BCUT2D eigenvalue weighted by Crippen LogP contribution is -2.05. The van der Waals surface area contributed by atoms with E-state index < -0.39 is 17.6 Å². The first-order valence-electron chi connectivity index (χ1n) is 8.56. The van der Waals surface area contributed by atoms with E-state index in [0.717, 1.165) is 29.4 Å². The normalized spacial score (nSPS) is 11.7. The van der Waals surface area contributed by atoms with Crippen LogP contribution in [0.4, 0.5) is 17.6 Å². The summed E-state index contributed by atoms with van der Waals surface area (Å²) in [6, 6.07) is 7.03. The van der Waals surface area contributed by atoms with Gasteiger partial charge in [0.25, 0.3) is 0 Å². The van der Waals surface area contributed by atoms with E-state index in [9.17, 15) is 22.8 Å². The third-order valence-electron chi connectivity index (χ3n) is 3.87. The maximum Gasteiger partial charge on any atom is 0.417 e. The fourth-order valence-corrected chi connectivity index (χ4v) is 4.53. The smallest absolute Gasteiger partial charge is 0.391 e. The van der Waals surface area contributed by atoms with Gasteiger partial charge in [-0.3, -0.25) is 0 Å². The minimum Gasteiger partial charge on any atom is -0.391 e. The molecule has 3 rings (SSSR count). The van der Waals surface area contributed by atoms with Crippen LogP contribution < -0.4 is 0 Å². The first-order valence-corrected chi connectivity index (χ1v) is 10.9. The van der Waals surface area contributed by atoms with Gasteiger partial charge in [0.1, 0.15) is 34.1 Å². The molecule has 0 spiro atoms. The van der Waals surface area contributed by atoms with Gasteiger partial charge in [0, 0.05) is 29.3 Å². The molecule has 3 aromatic rings. The quantitative estimate of drug-likeness (QED) is 0.195. The number of oxime groups is 1. The molecule has 0 atom stereocenters. The van der Waals surface area contributed by atoms with Crippen molar-refractivity contribution in [2.75, 3.05) is 0 Å². The van der Waals surface area contributed by atoms with Crippen molar-refractivity contribution in [3.05, 3.63) is 67.9 Å². The fraction of sp³-hybridized carbons (Fsp3) is 0.158. The molecule has 5 nitrogen and oxygen atoms in total. The highest BCUT2D eigenvalue weighted by molar-refractivity contribution is 7.99. The van der Waals surface area contributed by atoms with Crippen molar-refractivity contribution in [2.24, 2.45) is 5.16 Å². The van der Waals surface area contributed by atoms with E-state index in [1.165, 1.54) is 24.4 Å². The molecule has 2 heterocycles. The molecular formula is C19H10Cl2F4N4OS2. The maximum atomic E-state index is 13.7. The zero-order valence-electron chi connectivity index (χ0n) is 15.7. The SMILES string of the molecule is N#Cc1c(Sc2ncc(C(F)(F)F)cc2Cl)nsc1C/C=N/OCc1c(F)cccc1Cl. The fourth-order valence-electron chi connectivity index (χ4n) is 2.32. The van der Waals surface area contributed by atoms with Gasteiger partial charge in [-0.15, -0.1) is 0 Å². The summed E-state index contributed by atoms with van der Waals surface area (Å²) in [5, 5.41) is 13.6. The summed E-state index contributed by atoms with van der Waals surface area (Å²) in [5.41, 5.74) is -0.581. The van der Waals surface area contributed by atoms with E-state index in [4.69, 9.17) is 28.0 Å². The molecule has 0 aliphatic carbocycles. The minimum absolute atomic E-state index is 0.0896. The van der Waals surface area contributed by atoms with Crippen molar-refractivity contribution in [2.45, 2.75) is 29.3 Å². The highest BCUT2D eigenvalue weighted by Gasteiger charge is 2.31. The largest absolute Gasteiger partial charge is 0.417 e. The van der Waals surface area contributed by atoms with E-state index in [1.54, 1.807) is 0 Å². The molecule has 0 amide bonds. The Labute approximate surface area is 197 Å². The number of benzene rings is 1. The van der Waals surface area contributed by atoms with Crippen molar-refractivity contribution >= 4 is 52.7 Å². The van der Waals surface area contributed by atoms with Gasteiger partial charge in [-0.1, -0.05) is 34.4 Å². The number of halogens is 6. The average Bonchev–Trinajstić information content (AvgIpc) is 3.11. The van der Waals surface area contributed by atoms with Crippen molar-refractivity contribution < 1.29 is 22.4 Å². The second kappa shape index (κ2) is 10.5. The molecule has 1 aromatic carbocycles. The van der Waals surface area contributed by atoms with E-state index in [1.807, 2.05) is 6.07 Å². The highest BCUT2D eigenvalue weighted by Crippen LogP contribution is 2.38. The molecule has 2 aromatic heterocycles. The number of nitrogens with zero attached hydrogens (tertiary/aromatic N) is 4. The number of hydrogen-bond acceptors (Lipinski definition) is 7. The third-order valence-corrected chi connectivity index (χ3v) is 6.61. The van der Waals surface area contributed by atoms with Crippen molar-refractivity contribution in [1.82, 2.24) is 9.36 Å². The Morgan fingerprint density at radius 3 is 2.69 bits per heavy atom. The standard InChI is InChI=1S/C19H10Cl2F4N4OS2/c20-13-2-1-3-15(22)12(13)9-30-28-5-4-16-11(7-26)17(29-32-16)31-18-14(21)6-10(8-27-18)19(23,24)25/h1-3,5-6,8H,4,9H2/b28-5+. The number of rotatable bonds is 7. The predicted molar refractivity (Wildman–Crippen MR) is 114 cm³/mol. The van der Waals surface area contributed by atoms with Crippen LogP contribution in [0.15, 0.2) is 45.7 Å². The first-order chi connectivity index (χ1) is 15.2. The summed E-state index contributed by atoms with van der Waals surface area (Å²) in [7, 11) is 0. The third kappa shape index (κ3) is 5.89. The van der Waals surface area contributed by atoms with Gasteiger partial charge in [0.05, 0.1) is 15.6 Å². The molecule has 0 N–H and O–H groups in total. The Morgan fingerprint density at radius 2 is 2.03 bits per heavy atom. The lowest BCUT2D eigenvalue weighted by atomic mass is 10.2. The summed E-state index contributed by atoms with van der Waals surface area (Å²) in [6.07, 6.45) is -2.33. The summed E-state index contributed by atoms with van der Waals surface area (Å²) in [5.74, 6) is -0.515. The van der Waals surface area contributed by atoms with Crippen LogP contribution in [0.25, 0.3) is 0 Å². The van der Waals surface area contributed by atoms with Crippen LogP contribution in [0.1, 0.15) is 21.6 Å². The van der Waals surface area contributed by atoms with Gasteiger partial charge >= 0.3 is 6.18 Å². The van der Waals surface area contributed by atoms with Gasteiger partial charge in [-0.2, -0.15) is 22.8 Å².